The van der Waals surface area contributed by atoms with Gasteiger partial charge in [0, 0.05) is 39.3 Å². The molecule has 1 unspecified atom stereocenters. The standard InChI is InChI=1S/C19H29N3O3.2ClH/c23-19(14-20-13-18-2-1-9-25-18)21-12-16-3-5-17(6-4-16)15-22-7-10-24-11-8-22;;/h3-6,18,20H,1-2,7-15H2,(H,21,23);2*1H. The molecule has 8 heteroatoms. The highest BCUT2D eigenvalue weighted by Crippen LogP contribution is 2.10. The van der Waals surface area contributed by atoms with Gasteiger partial charge in [0.05, 0.1) is 25.9 Å². The lowest BCUT2D eigenvalue weighted by Crippen LogP contribution is -2.37. The normalized spacial score (nSPS) is 19.8. The monoisotopic (exact) mass is 419 g/mol. The summed E-state index contributed by atoms with van der Waals surface area (Å²) in [7, 11) is 0. The van der Waals surface area contributed by atoms with Crippen molar-refractivity contribution in [3.05, 3.63) is 35.4 Å². The Morgan fingerprint density at radius 2 is 1.78 bits per heavy atom. The van der Waals surface area contributed by atoms with Crippen LogP contribution in [0, 0.1) is 0 Å². The Labute approximate surface area is 174 Å². The van der Waals surface area contributed by atoms with Crippen molar-refractivity contribution >= 4 is 30.7 Å². The third-order valence-electron chi connectivity index (χ3n) is 4.70. The van der Waals surface area contributed by atoms with E-state index in [0.717, 1.165) is 64.4 Å². The molecule has 0 spiro atoms. The Balaban J connectivity index is 0.00000182. The van der Waals surface area contributed by atoms with Crippen LogP contribution in [0.4, 0.5) is 0 Å². The molecule has 2 heterocycles. The Hall–Kier alpha value is -0.890. The van der Waals surface area contributed by atoms with E-state index in [0.29, 0.717) is 13.1 Å². The van der Waals surface area contributed by atoms with Crippen LogP contribution in [0.1, 0.15) is 24.0 Å². The van der Waals surface area contributed by atoms with Crippen molar-refractivity contribution in [3.63, 3.8) is 0 Å². The first-order chi connectivity index (χ1) is 12.3. The van der Waals surface area contributed by atoms with Gasteiger partial charge in [-0.25, -0.2) is 0 Å². The maximum atomic E-state index is 11.9. The molecule has 0 saturated carbocycles. The number of ether oxygens (including phenoxy) is 2. The van der Waals surface area contributed by atoms with Crippen LogP contribution in [0.25, 0.3) is 0 Å². The Kier molecular flexibility index (Phi) is 11.9. The molecule has 2 aliphatic rings. The summed E-state index contributed by atoms with van der Waals surface area (Å²) in [5, 5.41) is 6.12. The highest BCUT2D eigenvalue weighted by atomic mass is 35.5. The number of hydrogen-bond donors (Lipinski definition) is 2. The van der Waals surface area contributed by atoms with Crippen LogP contribution in [0.15, 0.2) is 24.3 Å². The summed E-state index contributed by atoms with van der Waals surface area (Å²) >= 11 is 0. The van der Waals surface area contributed by atoms with E-state index in [9.17, 15) is 4.79 Å². The number of hydrogen-bond acceptors (Lipinski definition) is 5. The second-order valence-electron chi connectivity index (χ2n) is 6.75. The summed E-state index contributed by atoms with van der Waals surface area (Å²) in [5.41, 5.74) is 2.42. The minimum Gasteiger partial charge on any atom is -0.379 e. The molecule has 6 nitrogen and oxygen atoms in total. The molecule has 2 aliphatic heterocycles. The number of nitrogens with one attached hydrogen (secondary N) is 2. The van der Waals surface area contributed by atoms with Crippen molar-refractivity contribution in [1.82, 2.24) is 15.5 Å². The van der Waals surface area contributed by atoms with Gasteiger partial charge in [0.1, 0.15) is 0 Å². The van der Waals surface area contributed by atoms with Crippen molar-refractivity contribution in [2.45, 2.75) is 32.0 Å². The highest BCUT2D eigenvalue weighted by molar-refractivity contribution is 5.85. The molecule has 0 aliphatic carbocycles. The molecular weight excluding hydrogens is 389 g/mol. The van der Waals surface area contributed by atoms with Crippen molar-refractivity contribution < 1.29 is 14.3 Å². The summed E-state index contributed by atoms with van der Waals surface area (Å²) < 4.78 is 10.9. The summed E-state index contributed by atoms with van der Waals surface area (Å²) in [6.07, 6.45) is 2.48. The van der Waals surface area contributed by atoms with E-state index in [2.05, 4.69) is 39.8 Å². The minimum atomic E-state index is 0. The predicted molar refractivity (Wildman–Crippen MR) is 111 cm³/mol. The Morgan fingerprint density at radius 3 is 2.44 bits per heavy atom. The van der Waals surface area contributed by atoms with Gasteiger partial charge >= 0.3 is 0 Å². The lowest BCUT2D eigenvalue weighted by atomic mass is 10.1. The summed E-state index contributed by atoms with van der Waals surface area (Å²) in [6.45, 7) is 7.11. The molecule has 1 aromatic rings. The van der Waals surface area contributed by atoms with Gasteiger partial charge < -0.3 is 20.1 Å². The van der Waals surface area contributed by atoms with E-state index in [4.69, 9.17) is 9.47 Å². The van der Waals surface area contributed by atoms with E-state index in [-0.39, 0.29) is 36.8 Å². The average Bonchev–Trinajstić information content (AvgIpc) is 3.15. The molecule has 3 rings (SSSR count). The number of morpholine rings is 1. The predicted octanol–water partition coefficient (Wildman–Crippen LogP) is 1.75. The first kappa shape index (κ1) is 24.1. The zero-order valence-corrected chi connectivity index (χ0v) is 17.3. The summed E-state index contributed by atoms with van der Waals surface area (Å²) in [4.78, 5) is 14.3. The number of carbonyl (C=O) groups is 1. The lowest BCUT2D eigenvalue weighted by molar-refractivity contribution is -0.120. The van der Waals surface area contributed by atoms with Crippen LogP contribution in [0.2, 0.25) is 0 Å². The first-order valence-corrected chi connectivity index (χ1v) is 9.26. The van der Waals surface area contributed by atoms with E-state index in [1.807, 2.05) is 0 Å². The van der Waals surface area contributed by atoms with Gasteiger partial charge in [0.2, 0.25) is 5.91 Å². The number of benzene rings is 1. The van der Waals surface area contributed by atoms with Gasteiger partial charge in [-0.2, -0.15) is 0 Å². The SMILES string of the molecule is Cl.Cl.O=C(CNCC1CCCO1)NCc1ccc(CN2CCOCC2)cc1. The molecule has 2 saturated heterocycles. The second-order valence-corrected chi connectivity index (χ2v) is 6.75. The molecule has 1 aromatic carbocycles. The number of amides is 1. The third-order valence-corrected chi connectivity index (χ3v) is 4.70. The van der Waals surface area contributed by atoms with Crippen LogP contribution < -0.4 is 10.6 Å². The van der Waals surface area contributed by atoms with E-state index in [1.54, 1.807) is 0 Å². The van der Waals surface area contributed by atoms with E-state index >= 15 is 0 Å². The number of nitrogens with zero attached hydrogens (tertiary/aromatic N) is 1. The molecule has 1 atom stereocenters. The molecule has 27 heavy (non-hydrogen) atoms. The maximum absolute atomic E-state index is 11.9. The van der Waals surface area contributed by atoms with Gasteiger partial charge in [-0.1, -0.05) is 24.3 Å². The van der Waals surface area contributed by atoms with Crippen molar-refractivity contribution in [3.8, 4) is 0 Å². The third kappa shape index (κ3) is 8.77. The molecular formula is C19H31Cl2N3O3. The zero-order valence-electron chi connectivity index (χ0n) is 15.7. The van der Waals surface area contributed by atoms with Crippen LogP contribution in [0.3, 0.4) is 0 Å². The van der Waals surface area contributed by atoms with Crippen molar-refractivity contribution in [2.75, 3.05) is 46.0 Å². The quantitative estimate of drug-likeness (QED) is 0.671. The van der Waals surface area contributed by atoms with E-state index in [1.165, 1.54) is 5.56 Å². The van der Waals surface area contributed by atoms with Crippen LogP contribution in [0.5, 0.6) is 0 Å². The van der Waals surface area contributed by atoms with Gasteiger partial charge in [0.25, 0.3) is 0 Å². The molecule has 2 N–H and O–H groups in total. The van der Waals surface area contributed by atoms with Crippen molar-refractivity contribution in [2.24, 2.45) is 0 Å². The Morgan fingerprint density at radius 1 is 1.07 bits per heavy atom. The average molecular weight is 420 g/mol. The number of rotatable bonds is 8. The van der Waals surface area contributed by atoms with Crippen LogP contribution >= 0.6 is 24.8 Å². The lowest BCUT2D eigenvalue weighted by Gasteiger charge is -2.26. The zero-order chi connectivity index (χ0) is 17.3. The van der Waals surface area contributed by atoms with E-state index < -0.39 is 0 Å². The maximum Gasteiger partial charge on any atom is 0.234 e. The van der Waals surface area contributed by atoms with Gasteiger partial charge in [-0.15, -0.1) is 24.8 Å². The van der Waals surface area contributed by atoms with Gasteiger partial charge in [0.15, 0.2) is 0 Å². The molecule has 0 bridgehead atoms. The van der Waals surface area contributed by atoms with Gasteiger partial charge in [-0.3, -0.25) is 9.69 Å². The number of carbonyl (C=O) groups excluding carboxylic acids is 1. The second kappa shape index (κ2) is 13.3. The fraction of sp³-hybridized carbons (Fsp3) is 0.632. The molecule has 2 fully saturated rings. The molecule has 0 radical (unpaired) electrons. The molecule has 0 aromatic heterocycles. The highest BCUT2D eigenvalue weighted by Gasteiger charge is 2.15. The molecule has 154 valence electrons. The number of halogens is 2. The largest absolute Gasteiger partial charge is 0.379 e. The fourth-order valence-electron chi connectivity index (χ4n) is 3.20. The van der Waals surface area contributed by atoms with Gasteiger partial charge in [-0.05, 0) is 24.0 Å². The summed E-state index contributed by atoms with van der Waals surface area (Å²) in [6, 6.07) is 8.48. The molecule has 1 amide bonds. The van der Waals surface area contributed by atoms with Crippen LogP contribution in [-0.4, -0.2) is 62.9 Å². The van der Waals surface area contributed by atoms with Crippen LogP contribution in [-0.2, 0) is 27.4 Å². The minimum absolute atomic E-state index is 0. The first-order valence-electron chi connectivity index (χ1n) is 9.26. The smallest absolute Gasteiger partial charge is 0.234 e. The van der Waals surface area contributed by atoms with Crippen molar-refractivity contribution in [1.29, 1.82) is 0 Å². The fourth-order valence-corrected chi connectivity index (χ4v) is 3.20. The Bertz CT molecular complexity index is 534. The topological polar surface area (TPSA) is 62.8 Å². The summed E-state index contributed by atoms with van der Waals surface area (Å²) in [5.74, 6) is 0.0235.